The maximum atomic E-state index is 12.4. The van der Waals surface area contributed by atoms with Gasteiger partial charge in [0.1, 0.15) is 0 Å². The number of benzene rings is 2. The summed E-state index contributed by atoms with van der Waals surface area (Å²) in [6.07, 6.45) is 0. The molecule has 0 amide bonds. The van der Waals surface area contributed by atoms with Crippen molar-refractivity contribution in [2.24, 2.45) is 0 Å². The van der Waals surface area contributed by atoms with Crippen molar-refractivity contribution in [3.63, 3.8) is 0 Å². The van der Waals surface area contributed by atoms with Gasteiger partial charge in [0.2, 0.25) is 0 Å². The van der Waals surface area contributed by atoms with Crippen molar-refractivity contribution >= 4 is 48.5 Å². The minimum Gasteiger partial charge on any atom is -0.295 e. The topological polar surface area (TPSA) is 91.9 Å². The second kappa shape index (κ2) is 5.78. The third kappa shape index (κ3) is 3.13. The number of hydrogen-bond acceptors (Lipinski definition) is 4. The second-order valence-electron chi connectivity index (χ2n) is 4.95. The molecule has 0 aliphatic heterocycles. The van der Waals surface area contributed by atoms with Crippen LogP contribution in [-0.4, -0.2) is 24.4 Å². The molecule has 0 fully saturated rings. The average molecular weight is 394 g/mol. The van der Waals surface area contributed by atoms with Crippen LogP contribution in [0.25, 0.3) is 10.9 Å². The van der Waals surface area contributed by atoms with E-state index in [9.17, 15) is 13.2 Å². The molecular formula is C15H12BrN3O3S. The lowest BCUT2D eigenvalue weighted by Crippen LogP contribution is -2.13. The molecule has 118 valence electrons. The Hall–Kier alpha value is -2.19. The number of sulfonamides is 1. The molecule has 0 bridgehead atoms. The van der Waals surface area contributed by atoms with Gasteiger partial charge in [-0.15, -0.1) is 0 Å². The Morgan fingerprint density at radius 2 is 1.87 bits per heavy atom. The summed E-state index contributed by atoms with van der Waals surface area (Å²) in [6, 6.07) is 11.1. The number of nitrogens with zero attached hydrogens (tertiary/aromatic N) is 1. The third-order valence-electron chi connectivity index (χ3n) is 3.33. The maximum absolute atomic E-state index is 12.4. The van der Waals surface area contributed by atoms with Gasteiger partial charge in [-0.3, -0.25) is 14.6 Å². The molecule has 0 aliphatic carbocycles. The highest BCUT2D eigenvalue weighted by Crippen LogP contribution is 2.25. The molecule has 1 heterocycles. The van der Waals surface area contributed by atoms with Crippen molar-refractivity contribution in [3.05, 3.63) is 52.5 Å². The highest BCUT2D eigenvalue weighted by atomic mass is 79.9. The molecule has 0 spiro atoms. The van der Waals surface area contributed by atoms with Crippen LogP contribution in [-0.2, 0) is 10.0 Å². The number of anilines is 1. The number of carbonyl (C=O) groups is 1. The smallest absolute Gasteiger partial charge is 0.263 e. The molecule has 0 radical (unpaired) electrons. The SMILES string of the molecule is CC(=O)c1ccc(S(=O)(=O)Nc2n[nH]c3cc(Br)ccc23)cc1. The molecule has 2 N–H and O–H groups in total. The third-order valence-corrected chi connectivity index (χ3v) is 5.18. The summed E-state index contributed by atoms with van der Waals surface area (Å²) in [7, 11) is -3.78. The van der Waals surface area contributed by atoms with Crippen LogP contribution in [0.1, 0.15) is 17.3 Å². The quantitative estimate of drug-likeness (QED) is 0.664. The fourth-order valence-electron chi connectivity index (χ4n) is 2.12. The molecule has 3 aromatic rings. The molecule has 0 atom stereocenters. The number of halogens is 1. The Balaban J connectivity index is 1.95. The molecule has 0 saturated carbocycles. The second-order valence-corrected chi connectivity index (χ2v) is 7.55. The van der Waals surface area contributed by atoms with Crippen molar-refractivity contribution in [2.75, 3.05) is 4.72 Å². The Labute approximate surface area is 141 Å². The molecular weight excluding hydrogens is 382 g/mol. The molecule has 23 heavy (non-hydrogen) atoms. The zero-order valence-corrected chi connectivity index (χ0v) is 14.4. The van der Waals surface area contributed by atoms with Crippen LogP contribution in [0, 0.1) is 0 Å². The first kappa shape index (κ1) is 15.7. The predicted octanol–water partition coefficient (Wildman–Crippen LogP) is 3.33. The predicted molar refractivity (Wildman–Crippen MR) is 91.0 cm³/mol. The molecule has 0 aliphatic rings. The number of aromatic amines is 1. The van der Waals surface area contributed by atoms with Gasteiger partial charge in [-0.25, -0.2) is 8.42 Å². The van der Waals surface area contributed by atoms with Crippen molar-refractivity contribution < 1.29 is 13.2 Å². The average Bonchev–Trinajstić information content (AvgIpc) is 2.89. The number of fused-ring (bicyclic) bond motifs is 1. The van der Waals surface area contributed by atoms with Crippen molar-refractivity contribution in [1.82, 2.24) is 10.2 Å². The van der Waals surface area contributed by atoms with Gasteiger partial charge >= 0.3 is 0 Å². The van der Waals surface area contributed by atoms with E-state index in [0.29, 0.717) is 16.5 Å². The number of H-pyrrole nitrogens is 1. The Morgan fingerprint density at radius 3 is 2.52 bits per heavy atom. The van der Waals surface area contributed by atoms with Crippen molar-refractivity contribution in [3.8, 4) is 0 Å². The fourth-order valence-corrected chi connectivity index (χ4v) is 3.51. The maximum Gasteiger partial charge on any atom is 0.263 e. The number of ketones is 1. The first-order valence-electron chi connectivity index (χ1n) is 6.64. The lowest BCUT2D eigenvalue weighted by atomic mass is 10.2. The summed E-state index contributed by atoms with van der Waals surface area (Å²) in [5.41, 5.74) is 1.17. The van der Waals surface area contributed by atoms with E-state index in [4.69, 9.17) is 0 Å². The van der Waals surface area contributed by atoms with Gasteiger partial charge in [-0.05, 0) is 37.3 Å². The summed E-state index contributed by atoms with van der Waals surface area (Å²) in [6.45, 7) is 1.43. The largest absolute Gasteiger partial charge is 0.295 e. The number of hydrogen-bond donors (Lipinski definition) is 2. The lowest BCUT2D eigenvalue weighted by Gasteiger charge is -2.06. The van der Waals surface area contributed by atoms with Crippen LogP contribution in [0.4, 0.5) is 5.82 Å². The van der Waals surface area contributed by atoms with Crippen LogP contribution in [0.3, 0.4) is 0 Å². The summed E-state index contributed by atoms with van der Waals surface area (Å²) in [5, 5.41) is 7.44. The van der Waals surface area contributed by atoms with E-state index in [1.54, 1.807) is 12.1 Å². The van der Waals surface area contributed by atoms with Gasteiger partial charge in [0.15, 0.2) is 11.6 Å². The van der Waals surface area contributed by atoms with Crippen LogP contribution in [0.2, 0.25) is 0 Å². The molecule has 8 heteroatoms. The standard InChI is InChI=1S/C15H12BrN3O3S/c1-9(20)10-2-5-12(6-3-10)23(21,22)19-15-13-7-4-11(16)8-14(13)17-18-15/h2-8H,1H3,(H2,17,18,19). The minimum atomic E-state index is -3.78. The van der Waals surface area contributed by atoms with E-state index < -0.39 is 10.0 Å². The Kier molecular flexibility index (Phi) is 3.95. The normalized spacial score (nSPS) is 11.6. The zero-order valence-electron chi connectivity index (χ0n) is 12.0. The Morgan fingerprint density at radius 1 is 1.17 bits per heavy atom. The fraction of sp³-hybridized carbons (Fsp3) is 0.0667. The number of Topliss-reactive ketones (excluding diaryl/α,β-unsaturated/α-hetero) is 1. The van der Waals surface area contributed by atoms with E-state index >= 15 is 0 Å². The van der Waals surface area contributed by atoms with E-state index in [1.807, 2.05) is 6.07 Å². The molecule has 1 aromatic heterocycles. The van der Waals surface area contributed by atoms with Gasteiger partial charge < -0.3 is 0 Å². The number of nitrogens with one attached hydrogen (secondary N) is 2. The molecule has 2 aromatic carbocycles. The van der Waals surface area contributed by atoms with Crippen LogP contribution in [0.15, 0.2) is 51.8 Å². The van der Waals surface area contributed by atoms with E-state index in [-0.39, 0.29) is 16.5 Å². The summed E-state index contributed by atoms with van der Waals surface area (Å²) < 4.78 is 28.2. The molecule has 3 rings (SSSR count). The van der Waals surface area contributed by atoms with Crippen LogP contribution < -0.4 is 4.72 Å². The molecule has 0 saturated heterocycles. The number of aromatic nitrogens is 2. The number of carbonyl (C=O) groups excluding carboxylic acids is 1. The van der Waals surface area contributed by atoms with Crippen molar-refractivity contribution in [2.45, 2.75) is 11.8 Å². The first-order valence-corrected chi connectivity index (χ1v) is 8.92. The highest BCUT2D eigenvalue weighted by Gasteiger charge is 2.17. The summed E-state index contributed by atoms with van der Waals surface area (Å²) in [4.78, 5) is 11.3. The minimum absolute atomic E-state index is 0.0655. The van der Waals surface area contributed by atoms with Crippen molar-refractivity contribution in [1.29, 1.82) is 0 Å². The van der Waals surface area contributed by atoms with Gasteiger partial charge in [0.25, 0.3) is 10.0 Å². The van der Waals surface area contributed by atoms with Gasteiger partial charge in [0.05, 0.1) is 10.4 Å². The molecule has 6 nitrogen and oxygen atoms in total. The summed E-state index contributed by atoms with van der Waals surface area (Å²) >= 11 is 3.34. The Bertz CT molecular complexity index is 994. The summed E-state index contributed by atoms with van der Waals surface area (Å²) in [5.74, 6) is 0.105. The van der Waals surface area contributed by atoms with Crippen LogP contribution in [0.5, 0.6) is 0 Å². The van der Waals surface area contributed by atoms with Gasteiger partial charge in [-0.1, -0.05) is 28.1 Å². The van der Waals surface area contributed by atoms with Gasteiger partial charge in [-0.2, -0.15) is 5.10 Å². The van der Waals surface area contributed by atoms with Gasteiger partial charge in [0, 0.05) is 15.4 Å². The monoisotopic (exact) mass is 393 g/mol. The first-order chi connectivity index (χ1) is 10.9. The van der Waals surface area contributed by atoms with E-state index in [2.05, 4.69) is 30.8 Å². The van der Waals surface area contributed by atoms with E-state index in [0.717, 1.165) is 4.47 Å². The molecule has 0 unspecified atom stereocenters. The number of rotatable bonds is 4. The van der Waals surface area contributed by atoms with Crippen LogP contribution >= 0.6 is 15.9 Å². The lowest BCUT2D eigenvalue weighted by molar-refractivity contribution is 0.101. The zero-order chi connectivity index (χ0) is 16.6. The highest BCUT2D eigenvalue weighted by molar-refractivity contribution is 9.10. The van der Waals surface area contributed by atoms with E-state index in [1.165, 1.54) is 31.2 Å².